The highest BCUT2D eigenvalue weighted by atomic mass is 15.2. The molecule has 2 nitrogen and oxygen atoms in total. The van der Waals surface area contributed by atoms with Gasteiger partial charge in [-0.25, -0.2) is 0 Å². The molecule has 1 aliphatic heterocycles. The minimum atomic E-state index is 0.377. The fourth-order valence-corrected chi connectivity index (χ4v) is 2.88. The largest absolute Gasteiger partial charge is 0.328 e. The van der Waals surface area contributed by atoms with Crippen LogP contribution in [0.15, 0.2) is 0 Å². The van der Waals surface area contributed by atoms with Crippen molar-refractivity contribution < 1.29 is 0 Å². The van der Waals surface area contributed by atoms with E-state index in [4.69, 9.17) is 5.73 Å². The van der Waals surface area contributed by atoms with E-state index >= 15 is 0 Å². The average Bonchev–Trinajstić information content (AvgIpc) is 2.64. The number of hydrogen-bond donors (Lipinski definition) is 1. The van der Waals surface area contributed by atoms with Crippen LogP contribution in [0.3, 0.4) is 0 Å². The summed E-state index contributed by atoms with van der Waals surface area (Å²) in [5.74, 6) is 0.839. The summed E-state index contributed by atoms with van der Waals surface area (Å²) in [6.45, 7) is 9.46. The van der Waals surface area contributed by atoms with Gasteiger partial charge in [-0.3, -0.25) is 0 Å². The average molecular weight is 226 g/mol. The fourth-order valence-electron chi connectivity index (χ4n) is 2.88. The van der Waals surface area contributed by atoms with E-state index in [1.54, 1.807) is 0 Å². The van der Waals surface area contributed by atoms with Crippen molar-refractivity contribution in [1.29, 1.82) is 0 Å². The molecule has 0 amide bonds. The lowest BCUT2D eigenvalue weighted by atomic mass is 10.0. The van der Waals surface area contributed by atoms with Crippen molar-refractivity contribution in [3.05, 3.63) is 0 Å². The Morgan fingerprint density at radius 2 is 2.06 bits per heavy atom. The molecule has 0 aliphatic carbocycles. The van der Waals surface area contributed by atoms with Gasteiger partial charge in [-0.15, -0.1) is 0 Å². The minimum Gasteiger partial charge on any atom is -0.328 e. The van der Waals surface area contributed by atoms with Crippen molar-refractivity contribution in [2.24, 2.45) is 11.7 Å². The van der Waals surface area contributed by atoms with Crippen LogP contribution < -0.4 is 5.73 Å². The first-order valence-corrected chi connectivity index (χ1v) is 7.13. The van der Waals surface area contributed by atoms with Crippen LogP contribution >= 0.6 is 0 Å². The molecule has 0 aromatic heterocycles. The van der Waals surface area contributed by atoms with Crippen LogP contribution in [0.4, 0.5) is 0 Å². The van der Waals surface area contributed by atoms with Gasteiger partial charge in [-0.05, 0) is 51.5 Å². The maximum Gasteiger partial charge on any atom is 0.00932 e. The molecule has 1 fully saturated rings. The zero-order chi connectivity index (χ0) is 12.0. The van der Waals surface area contributed by atoms with Crippen molar-refractivity contribution in [1.82, 2.24) is 4.90 Å². The molecule has 3 unspecified atom stereocenters. The Labute approximate surface area is 102 Å². The van der Waals surface area contributed by atoms with Gasteiger partial charge in [-0.2, -0.15) is 0 Å². The fraction of sp³-hybridized carbons (Fsp3) is 1.00. The highest BCUT2D eigenvalue weighted by Crippen LogP contribution is 2.22. The van der Waals surface area contributed by atoms with Crippen LogP contribution in [-0.2, 0) is 0 Å². The third-order valence-corrected chi connectivity index (χ3v) is 3.87. The van der Waals surface area contributed by atoms with E-state index in [2.05, 4.69) is 25.7 Å². The molecule has 1 saturated heterocycles. The SMILES string of the molecule is CCC1CCCN1CC(C)CCCC(C)N. The zero-order valence-corrected chi connectivity index (χ0v) is 11.4. The van der Waals surface area contributed by atoms with Crippen LogP contribution in [-0.4, -0.2) is 30.1 Å². The highest BCUT2D eigenvalue weighted by molar-refractivity contribution is 4.79. The predicted octanol–water partition coefficient (Wildman–Crippen LogP) is 3.01. The summed E-state index contributed by atoms with van der Waals surface area (Å²) in [4.78, 5) is 2.70. The van der Waals surface area contributed by atoms with Gasteiger partial charge in [0.2, 0.25) is 0 Å². The molecule has 0 aromatic rings. The van der Waals surface area contributed by atoms with Crippen molar-refractivity contribution in [3.8, 4) is 0 Å². The predicted molar refractivity (Wildman–Crippen MR) is 71.6 cm³/mol. The summed E-state index contributed by atoms with van der Waals surface area (Å²) in [5.41, 5.74) is 5.78. The van der Waals surface area contributed by atoms with Gasteiger partial charge in [0.05, 0.1) is 0 Å². The molecule has 0 bridgehead atoms. The molecular weight excluding hydrogens is 196 g/mol. The summed E-state index contributed by atoms with van der Waals surface area (Å²) in [5, 5.41) is 0. The molecule has 2 heteroatoms. The zero-order valence-electron chi connectivity index (χ0n) is 11.4. The van der Waals surface area contributed by atoms with Gasteiger partial charge in [0.15, 0.2) is 0 Å². The second-order valence-corrected chi connectivity index (χ2v) is 5.71. The number of nitrogens with zero attached hydrogens (tertiary/aromatic N) is 1. The van der Waals surface area contributed by atoms with Gasteiger partial charge < -0.3 is 10.6 Å². The molecule has 0 spiro atoms. The van der Waals surface area contributed by atoms with Crippen LogP contribution in [0.2, 0.25) is 0 Å². The normalized spacial score (nSPS) is 25.9. The summed E-state index contributed by atoms with van der Waals surface area (Å²) >= 11 is 0. The van der Waals surface area contributed by atoms with Crippen molar-refractivity contribution in [3.63, 3.8) is 0 Å². The molecule has 1 aliphatic rings. The van der Waals surface area contributed by atoms with Crippen molar-refractivity contribution in [2.45, 2.75) is 71.4 Å². The summed E-state index contributed by atoms with van der Waals surface area (Å²) in [6, 6.07) is 1.25. The van der Waals surface area contributed by atoms with Crippen LogP contribution in [0, 0.1) is 5.92 Å². The molecule has 0 saturated carbocycles. The van der Waals surface area contributed by atoms with E-state index in [0.29, 0.717) is 6.04 Å². The van der Waals surface area contributed by atoms with E-state index in [0.717, 1.165) is 12.0 Å². The molecule has 16 heavy (non-hydrogen) atoms. The van der Waals surface area contributed by atoms with E-state index < -0.39 is 0 Å². The summed E-state index contributed by atoms with van der Waals surface area (Å²) in [6.07, 6.45) is 7.97. The third-order valence-electron chi connectivity index (χ3n) is 3.87. The molecular formula is C14H30N2. The maximum atomic E-state index is 5.78. The molecule has 1 rings (SSSR count). The number of likely N-dealkylation sites (tertiary alicyclic amines) is 1. The lowest BCUT2D eigenvalue weighted by molar-refractivity contribution is 0.209. The Bertz CT molecular complexity index is 180. The number of hydrogen-bond acceptors (Lipinski definition) is 2. The van der Waals surface area contributed by atoms with E-state index in [-0.39, 0.29) is 0 Å². The van der Waals surface area contributed by atoms with Crippen molar-refractivity contribution in [2.75, 3.05) is 13.1 Å². The molecule has 0 radical (unpaired) electrons. The topological polar surface area (TPSA) is 29.3 Å². The van der Waals surface area contributed by atoms with Gasteiger partial charge >= 0.3 is 0 Å². The monoisotopic (exact) mass is 226 g/mol. The first kappa shape index (κ1) is 14.0. The Morgan fingerprint density at radius 1 is 1.31 bits per heavy atom. The number of rotatable bonds is 7. The first-order chi connectivity index (χ1) is 7.63. The Balaban J connectivity index is 2.15. The lowest BCUT2D eigenvalue weighted by Gasteiger charge is -2.26. The Morgan fingerprint density at radius 3 is 2.69 bits per heavy atom. The Kier molecular flexibility index (Phi) is 6.37. The molecule has 3 atom stereocenters. The quantitative estimate of drug-likeness (QED) is 0.723. The maximum absolute atomic E-state index is 5.78. The van der Waals surface area contributed by atoms with Gasteiger partial charge in [0, 0.05) is 18.6 Å². The number of nitrogens with two attached hydrogens (primary N) is 1. The van der Waals surface area contributed by atoms with Gasteiger partial charge in [0.1, 0.15) is 0 Å². The van der Waals surface area contributed by atoms with E-state index in [9.17, 15) is 0 Å². The van der Waals surface area contributed by atoms with E-state index in [1.165, 1.54) is 51.6 Å². The van der Waals surface area contributed by atoms with Crippen LogP contribution in [0.5, 0.6) is 0 Å². The summed E-state index contributed by atoms with van der Waals surface area (Å²) < 4.78 is 0. The smallest absolute Gasteiger partial charge is 0.00932 e. The highest BCUT2D eigenvalue weighted by Gasteiger charge is 2.23. The second kappa shape index (κ2) is 7.29. The lowest BCUT2D eigenvalue weighted by Crippen LogP contribution is -2.33. The second-order valence-electron chi connectivity index (χ2n) is 5.71. The molecule has 96 valence electrons. The van der Waals surface area contributed by atoms with Crippen molar-refractivity contribution >= 4 is 0 Å². The first-order valence-electron chi connectivity index (χ1n) is 7.13. The van der Waals surface area contributed by atoms with E-state index in [1.807, 2.05) is 0 Å². The molecule has 2 N–H and O–H groups in total. The van der Waals surface area contributed by atoms with Crippen LogP contribution in [0.1, 0.15) is 59.3 Å². The van der Waals surface area contributed by atoms with Crippen LogP contribution in [0.25, 0.3) is 0 Å². The van der Waals surface area contributed by atoms with Gasteiger partial charge in [-0.1, -0.05) is 20.3 Å². The van der Waals surface area contributed by atoms with Gasteiger partial charge in [0.25, 0.3) is 0 Å². The molecule has 0 aromatic carbocycles. The minimum absolute atomic E-state index is 0.377. The third kappa shape index (κ3) is 4.84. The Hall–Kier alpha value is -0.0800. The molecule has 1 heterocycles. The standard InChI is InChI=1S/C14H30N2/c1-4-14-9-6-10-16(14)11-12(2)7-5-8-13(3)15/h12-14H,4-11,15H2,1-3H3. The summed E-state index contributed by atoms with van der Waals surface area (Å²) in [7, 11) is 0.